The summed E-state index contributed by atoms with van der Waals surface area (Å²) in [6, 6.07) is 29.1. The highest BCUT2D eigenvalue weighted by atomic mass is 14.3. The largest absolute Gasteiger partial charge is 0.0654 e. The van der Waals surface area contributed by atoms with Crippen LogP contribution in [0.25, 0.3) is 33.4 Å². The minimum absolute atomic E-state index is 1.05. The van der Waals surface area contributed by atoms with Crippen molar-refractivity contribution in [2.24, 2.45) is 0 Å². The second-order valence-corrected chi connectivity index (χ2v) is 8.91. The summed E-state index contributed by atoms with van der Waals surface area (Å²) in [5, 5.41) is 0. The van der Waals surface area contributed by atoms with Gasteiger partial charge in [-0.2, -0.15) is 0 Å². The predicted octanol–water partition coefficient (Wildman–Crippen LogP) is 8.55. The molecule has 0 nitrogen and oxygen atoms in total. The van der Waals surface area contributed by atoms with E-state index in [1.54, 1.807) is 11.1 Å². The fourth-order valence-electron chi connectivity index (χ4n) is 5.27. The third-order valence-corrected chi connectivity index (χ3v) is 6.78. The first-order valence-corrected chi connectivity index (χ1v) is 11.6. The number of benzene rings is 4. The number of unbranched alkanes of at least 4 members (excludes halogenated alkanes) is 1. The smallest absolute Gasteiger partial charge is 0.00103 e. The number of aryl methyl sites for hydroxylation is 2. The van der Waals surface area contributed by atoms with Crippen LogP contribution in [0.3, 0.4) is 0 Å². The predicted molar refractivity (Wildman–Crippen MR) is 134 cm³/mol. The Morgan fingerprint density at radius 3 is 2.00 bits per heavy atom. The summed E-state index contributed by atoms with van der Waals surface area (Å²) in [5.41, 5.74) is 15.7. The van der Waals surface area contributed by atoms with Gasteiger partial charge in [0.05, 0.1) is 0 Å². The standard InChI is InChI=1S/C31H30/c1-4-5-16-26-30-20-25-19-27(23-12-8-6-9-13-23)21(2)17-28(25)29(30)18-22(3)31(26)24-14-10-7-11-15-24/h6-15,17-19H,4-5,16,20H2,1-3H3. The van der Waals surface area contributed by atoms with Crippen LogP contribution in [-0.2, 0) is 12.8 Å². The van der Waals surface area contributed by atoms with Crippen LogP contribution in [-0.4, -0.2) is 0 Å². The van der Waals surface area contributed by atoms with Gasteiger partial charge in [0.1, 0.15) is 0 Å². The molecule has 0 aliphatic heterocycles. The summed E-state index contributed by atoms with van der Waals surface area (Å²) in [5.74, 6) is 0. The van der Waals surface area contributed by atoms with Gasteiger partial charge in [0, 0.05) is 0 Å². The molecule has 1 aliphatic carbocycles. The molecule has 0 saturated heterocycles. The maximum atomic E-state index is 2.45. The summed E-state index contributed by atoms with van der Waals surface area (Å²) >= 11 is 0. The molecule has 4 aromatic rings. The Bertz CT molecular complexity index is 1230. The van der Waals surface area contributed by atoms with Gasteiger partial charge in [0.15, 0.2) is 0 Å². The molecule has 154 valence electrons. The average Bonchev–Trinajstić information content (AvgIpc) is 3.15. The van der Waals surface area contributed by atoms with Crippen molar-refractivity contribution in [3.63, 3.8) is 0 Å². The molecule has 0 saturated carbocycles. The maximum Gasteiger partial charge on any atom is -0.00103 e. The lowest BCUT2D eigenvalue weighted by atomic mass is 9.86. The van der Waals surface area contributed by atoms with Crippen LogP contribution in [0.2, 0.25) is 0 Å². The molecule has 31 heavy (non-hydrogen) atoms. The van der Waals surface area contributed by atoms with Gasteiger partial charge in [-0.15, -0.1) is 0 Å². The first kappa shape index (κ1) is 19.8. The monoisotopic (exact) mass is 402 g/mol. The van der Waals surface area contributed by atoms with E-state index < -0.39 is 0 Å². The molecule has 5 rings (SSSR count). The molecule has 0 bridgehead atoms. The Morgan fingerprint density at radius 2 is 1.32 bits per heavy atom. The molecule has 0 aromatic heterocycles. The van der Waals surface area contributed by atoms with Crippen LogP contribution in [0.5, 0.6) is 0 Å². The van der Waals surface area contributed by atoms with Crippen molar-refractivity contribution in [3.05, 3.63) is 107 Å². The van der Waals surface area contributed by atoms with Crippen molar-refractivity contribution >= 4 is 0 Å². The molecular weight excluding hydrogens is 372 g/mol. The Balaban J connectivity index is 1.68. The highest BCUT2D eigenvalue weighted by molar-refractivity contribution is 5.87. The first-order valence-electron chi connectivity index (χ1n) is 11.6. The highest BCUT2D eigenvalue weighted by Gasteiger charge is 2.26. The number of rotatable bonds is 5. The van der Waals surface area contributed by atoms with Gasteiger partial charge in [-0.25, -0.2) is 0 Å². The van der Waals surface area contributed by atoms with Gasteiger partial charge in [0.25, 0.3) is 0 Å². The number of hydrogen-bond donors (Lipinski definition) is 0. The van der Waals surface area contributed by atoms with E-state index in [-0.39, 0.29) is 0 Å². The van der Waals surface area contributed by atoms with Gasteiger partial charge >= 0.3 is 0 Å². The van der Waals surface area contributed by atoms with Crippen molar-refractivity contribution in [1.29, 1.82) is 0 Å². The zero-order chi connectivity index (χ0) is 21.4. The molecular formula is C31H30. The van der Waals surface area contributed by atoms with Crippen molar-refractivity contribution in [1.82, 2.24) is 0 Å². The minimum atomic E-state index is 1.05. The van der Waals surface area contributed by atoms with Gasteiger partial charge in [0.2, 0.25) is 0 Å². The summed E-state index contributed by atoms with van der Waals surface area (Å²) in [6.45, 7) is 6.84. The van der Waals surface area contributed by atoms with Gasteiger partial charge < -0.3 is 0 Å². The Labute approximate surface area is 186 Å². The van der Waals surface area contributed by atoms with Crippen LogP contribution >= 0.6 is 0 Å². The van der Waals surface area contributed by atoms with Gasteiger partial charge in [-0.3, -0.25) is 0 Å². The second kappa shape index (κ2) is 8.19. The summed E-state index contributed by atoms with van der Waals surface area (Å²) in [7, 11) is 0. The lowest BCUT2D eigenvalue weighted by Gasteiger charge is -2.18. The molecule has 0 fully saturated rings. The Hall–Kier alpha value is -3.12. The minimum Gasteiger partial charge on any atom is -0.0654 e. The molecule has 0 spiro atoms. The lowest BCUT2D eigenvalue weighted by Crippen LogP contribution is -2.00. The molecule has 4 aromatic carbocycles. The first-order chi connectivity index (χ1) is 15.2. The van der Waals surface area contributed by atoms with Crippen molar-refractivity contribution in [3.8, 4) is 33.4 Å². The Kier molecular flexibility index (Phi) is 5.24. The van der Waals surface area contributed by atoms with Crippen LogP contribution in [0.1, 0.15) is 47.6 Å². The summed E-state index contributed by atoms with van der Waals surface area (Å²) in [6.07, 6.45) is 4.66. The van der Waals surface area contributed by atoms with Crippen LogP contribution in [0.15, 0.2) is 78.9 Å². The number of fused-ring (bicyclic) bond motifs is 3. The SMILES string of the molecule is CCCCc1c2c(cc(C)c1-c1ccccc1)-c1cc(C)c(-c3ccccc3)cc1C2. The second-order valence-electron chi connectivity index (χ2n) is 8.91. The fraction of sp³-hybridized carbons (Fsp3) is 0.226. The number of hydrogen-bond acceptors (Lipinski definition) is 0. The zero-order valence-electron chi connectivity index (χ0n) is 18.8. The maximum absolute atomic E-state index is 2.45. The third kappa shape index (κ3) is 3.51. The van der Waals surface area contributed by atoms with Crippen molar-refractivity contribution in [2.75, 3.05) is 0 Å². The molecule has 0 heteroatoms. The van der Waals surface area contributed by atoms with E-state index in [0.717, 1.165) is 12.8 Å². The molecule has 0 atom stereocenters. The summed E-state index contributed by atoms with van der Waals surface area (Å²) in [4.78, 5) is 0. The van der Waals surface area contributed by atoms with Gasteiger partial charge in [-0.1, -0.05) is 86.1 Å². The topological polar surface area (TPSA) is 0 Å². The molecule has 0 amide bonds. The van der Waals surface area contributed by atoms with E-state index in [0.29, 0.717) is 0 Å². The quantitative estimate of drug-likeness (QED) is 0.276. The van der Waals surface area contributed by atoms with E-state index in [4.69, 9.17) is 0 Å². The average molecular weight is 403 g/mol. The van der Waals surface area contributed by atoms with Crippen LogP contribution < -0.4 is 0 Å². The van der Waals surface area contributed by atoms with E-state index in [9.17, 15) is 0 Å². The van der Waals surface area contributed by atoms with E-state index in [1.807, 2.05) is 0 Å². The highest BCUT2D eigenvalue weighted by Crippen LogP contribution is 2.45. The third-order valence-electron chi connectivity index (χ3n) is 6.78. The lowest BCUT2D eigenvalue weighted by molar-refractivity contribution is 0.790. The summed E-state index contributed by atoms with van der Waals surface area (Å²) < 4.78 is 0. The molecule has 0 radical (unpaired) electrons. The van der Waals surface area contributed by atoms with Gasteiger partial charge in [-0.05, 0) is 100 Å². The normalized spacial score (nSPS) is 12.0. The molecule has 0 unspecified atom stereocenters. The van der Waals surface area contributed by atoms with Crippen LogP contribution in [0, 0.1) is 13.8 Å². The molecule has 1 aliphatic rings. The van der Waals surface area contributed by atoms with E-state index >= 15 is 0 Å². The molecule has 0 N–H and O–H groups in total. The van der Waals surface area contributed by atoms with E-state index in [2.05, 4.69) is 99.6 Å². The van der Waals surface area contributed by atoms with Crippen molar-refractivity contribution < 1.29 is 0 Å². The zero-order valence-corrected chi connectivity index (χ0v) is 18.8. The Morgan fingerprint density at radius 1 is 0.677 bits per heavy atom. The fourth-order valence-corrected chi connectivity index (χ4v) is 5.27. The van der Waals surface area contributed by atoms with Crippen molar-refractivity contribution in [2.45, 2.75) is 46.5 Å². The molecule has 0 heterocycles. The van der Waals surface area contributed by atoms with E-state index in [1.165, 1.54) is 62.9 Å². The van der Waals surface area contributed by atoms with Crippen LogP contribution in [0.4, 0.5) is 0 Å².